The zero-order chi connectivity index (χ0) is 18.6. The molecule has 0 bridgehead atoms. The SMILES string of the molecule is C[C@H](OC(=O)c1ccc(N(C)C)cc1)C(=O)Nc1sccc1C(N)=O. The Hall–Kier alpha value is -2.87. The molecule has 1 heterocycles. The Bertz CT molecular complexity index is 783. The number of nitrogens with two attached hydrogens (primary N) is 1. The summed E-state index contributed by atoms with van der Waals surface area (Å²) in [7, 11) is 3.79. The number of hydrogen-bond acceptors (Lipinski definition) is 6. The summed E-state index contributed by atoms with van der Waals surface area (Å²) in [6.07, 6.45) is -1.02. The average Bonchev–Trinajstić information content (AvgIpc) is 3.03. The van der Waals surface area contributed by atoms with Crippen molar-refractivity contribution in [2.75, 3.05) is 24.3 Å². The van der Waals surface area contributed by atoms with Crippen molar-refractivity contribution >= 4 is 39.8 Å². The van der Waals surface area contributed by atoms with Crippen LogP contribution < -0.4 is 16.0 Å². The zero-order valence-corrected chi connectivity index (χ0v) is 14.9. The summed E-state index contributed by atoms with van der Waals surface area (Å²) in [5.41, 5.74) is 6.74. The first-order valence-corrected chi connectivity index (χ1v) is 8.34. The number of esters is 1. The van der Waals surface area contributed by atoms with Crippen molar-refractivity contribution in [2.24, 2.45) is 5.73 Å². The van der Waals surface area contributed by atoms with Gasteiger partial charge in [-0.05, 0) is 42.6 Å². The third-order valence-corrected chi connectivity index (χ3v) is 4.27. The van der Waals surface area contributed by atoms with E-state index < -0.39 is 23.9 Å². The summed E-state index contributed by atoms with van der Waals surface area (Å²) in [4.78, 5) is 37.5. The molecule has 1 aromatic heterocycles. The van der Waals surface area contributed by atoms with Gasteiger partial charge in [-0.25, -0.2) is 4.79 Å². The highest BCUT2D eigenvalue weighted by Crippen LogP contribution is 2.23. The highest BCUT2D eigenvalue weighted by molar-refractivity contribution is 7.14. The van der Waals surface area contributed by atoms with Crippen LogP contribution >= 0.6 is 11.3 Å². The number of ether oxygens (including phenoxy) is 1. The fraction of sp³-hybridized carbons (Fsp3) is 0.235. The molecule has 0 saturated heterocycles. The van der Waals surface area contributed by atoms with Gasteiger partial charge in [0.1, 0.15) is 5.00 Å². The third kappa shape index (κ3) is 4.57. The highest BCUT2D eigenvalue weighted by Gasteiger charge is 2.21. The van der Waals surface area contributed by atoms with Crippen molar-refractivity contribution in [3.05, 3.63) is 46.8 Å². The molecule has 25 heavy (non-hydrogen) atoms. The van der Waals surface area contributed by atoms with Crippen molar-refractivity contribution in [3.63, 3.8) is 0 Å². The van der Waals surface area contributed by atoms with Crippen LogP contribution in [0.2, 0.25) is 0 Å². The summed E-state index contributed by atoms with van der Waals surface area (Å²) in [6.45, 7) is 1.46. The smallest absolute Gasteiger partial charge is 0.338 e. The Kier molecular flexibility index (Phi) is 5.76. The van der Waals surface area contributed by atoms with Gasteiger partial charge < -0.3 is 20.7 Å². The van der Waals surface area contributed by atoms with E-state index in [1.165, 1.54) is 24.3 Å². The minimum absolute atomic E-state index is 0.219. The van der Waals surface area contributed by atoms with Crippen LogP contribution in [0.25, 0.3) is 0 Å². The highest BCUT2D eigenvalue weighted by atomic mass is 32.1. The number of amides is 2. The van der Waals surface area contributed by atoms with Gasteiger partial charge in [-0.15, -0.1) is 11.3 Å². The molecule has 0 spiro atoms. The van der Waals surface area contributed by atoms with Crippen LogP contribution in [0.4, 0.5) is 10.7 Å². The van der Waals surface area contributed by atoms with Crippen LogP contribution in [-0.2, 0) is 9.53 Å². The second-order valence-corrected chi connectivity index (χ2v) is 6.42. The molecule has 0 saturated carbocycles. The molecule has 132 valence electrons. The van der Waals surface area contributed by atoms with E-state index in [1.54, 1.807) is 29.6 Å². The molecular formula is C17H19N3O4S. The Morgan fingerprint density at radius 1 is 1.16 bits per heavy atom. The Balaban J connectivity index is 1.99. The number of carbonyl (C=O) groups is 3. The maximum Gasteiger partial charge on any atom is 0.338 e. The molecule has 2 rings (SSSR count). The van der Waals surface area contributed by atoms with Crippen molar-refractivity contribution in [1.82, 2.24) is 0 Å². The van der Waals surface area contributed by atoms with Crippen LogP contribution in [0.15, 0.2) is 35.7 Å². The lowest BCUT2D eigenvalue weighted by Crippen LogP contribution is -2.30. The molecule has 1 atom stereocenters. The van der Waals surface area contributed by atoms with E-state index in [1.807, 2.05) is 19.0 Å². The largest absolute Gasteiger partial charge is 0.449 e. The van der Waals surface area contributed by atoms with E-state index in [0.717, 1.165) is 5.69 Å². The van der Waals surface area contributed by atoms with Crippen LogP contribution in [0.3, 0.4) is 0 Å². The predicted molar refractivity (Wildman–Crippen MR) is 97.1 cm³/mol. The van der Waals surface area contributed by atoms with Gasteiger partial charge in [-0.3, -0.25) is 9.59 Å². The van der Waals surface area contributed by atoms with E-state index in [2.05, 4.69) is 5.32 Å². The molecule has 0 unspecified atom stereocenters. The monoisotopic (exact) mass is 361 g/mol. The first-order valence-electron chi connectivity index (χ1n) is 7.46. The number of rotatable bonds is 6. The predicted octanol–water partition coefficient (Wildman–Crippen LogP) is 2.10. The van der Waals surface area contributed by atoms with Gasteiger partial charge in [-0.2, -0.15) is 0 Å². The summed E-state index contributed by atoms with van der Waals surface area (Å²) >= 11 is 1.17. The summed E-state index contributed by atoms with van der Waals surface area (Å²) in [5, 5.41) is 4.51. The molecule has 1 aromatic carbocycles. The molecule has 2 aromatic rings. The summed E-state index contributed by atoms with van der Waals surface area (Å²) in [5.74, 6) is -1.78. The van der Waals surface area contributed by atoms with E-state index in [4.69, 9.17) is 10.5 Å². The van der Waals surface area contributed by atoms with E-state index in [0.29, 0.717) is 10.6 Å². The Morgan fingerprint density at radius 3 is 2.36 bits per heavy atom. The molecule has 0 radical (unpaired) electrons. The molecule has 0 aliphatic carbocycles. The van der Waals surface area contributed by atoms with E-state index in [-0.39, 0.29) is 5.56 Å². The van der Waals surface area contributed by atoms with Crippen LogP contribution in [-0.4, -0.2) is 38.0 Å². The number of nitrogens with one attached hydrogen (secondary N) is 1. The maximum absolute atomic E-state index is 12.2. The van der Waals surface area contributed by atoms with Gasteiger partial charge in [0.15, 0.2) is 6.10 Å². The summed E-state index contributed by atoms with van der Waals surface area (Å²) in [6, 6.07) is 8.35. The Morgan fingerprint density at radius 2 is 1.80 bits per heavy atom. The molecule has 0 aliphatic heterocycles. The van der Waals surface area contributed by atoms with Gasteiger partial charge in [0.25, 0.3) is 11.8 Å². The zero-order valence-electron chi connectivity index (χ0n) is 14.1. The Labute approximate surface area is 149 Å². The lowest BCUT2D eigenvalue weighted by molar-refractivity contribution is -0.123. The fourth-order valence-electron chi connectivity index (χ4n) is 1.99. The fourth-order valence-corrected chi connectivity index (χ4v) is 2.79. The number of benzene rings is 1. The number of nitrogens with zero attached hydrogens (tertiary/aromatic N) is 1. The number of thiophene rings is 1. The molecule has 0 aliphatic rings. The van der Waals surface area contributed by atoms with Crippen molar-refractivity contribution in [2.45, 2.75) is 13.0 Å². The van der Waals surface area contributed by atoms with Gasteiger partial charge in [0.2, 0.25) is 0 Å². The third-order valence-electron chi connectivity index (χ3n) is 3.44. The van der Waals surface area contributed by atoms with Gasteiger partial charge in [0.05, 0.1) is 11.1 Å². The number of primary amides is 1. The normalized spacial score (nSPS) is 11.5. The maximum atomic E-state index is 12.2. The lowest BCUT2D eigenvalue weighted by atomic mass is 10.2. The second-order valence-electron chi connectivity index (χ2n) is 5.51. The topological polar surface area (TPSA) is 102 Å². The molecular weight excluding hydrogens is 342 g/mol. The standard InChI is InChI=1S/C17H19N3O4S/c1-10(15(22)19-16-13(14(18)21)8-9-25-16)24-17(23)11-4-6-12(7-5-11)20(2)3/h4-10H,1-3H3,(H2,18,21)(H,19,22)/t10-/m0/s1. The average molecular weight is 361 g/mol. The lowest BCUT2D eigenvalue weighted by Gasteiger charge is -2.15. The van der Waals surface area contributed by atoms with Gasteiger partial charge >= 0.3 is 5.97 Å². The minimum atomic E-state index is -1.02. The second kappa shape index (κ2) is 7.80. The molecule has 0 fully saturated rings. The molecule has 2 amide bonds. The van der Waals surface area contributed by atoms with Crippen LogP contribution in [0, 0.1) is 0 Å². The number of hydrogen-bond donors (Lipinski definition) is 2. The minimum Gasteiger partial charge on any atom is -0.449 e. The molecule has 3 N–H and O–H groups in total. The summed E-state index contributed by atoms with van der Waals surface area (Å²) < 4.78 is 5.17. The van der Waals surface area contributed by atoms with E-state index in [9.17, 15) is 14.4 Å². The first-order chi connectivity index (χ1) is 11.8. The van der Waals surface area contributed by atoms with Crippen LogP contribution in [0.1, 0.15) is 27.6 Å². The number of anilines is 2. The van der Waals surface area contributed by atoms with Crippen LogP contribution in [0.5, 0.6) is 0 Å². The molecule has 7 nitrogen and oxygen atoms in total. The van der Waals surface area contributed by atoms with Crippen molar-refractivity contribution in [1.29, 1.82) is 0 Å². The van der Waals surface area contributed by atoms with Crippen molar-refractivity contribution < 1.29 is 19.1 Å². The quantitative estimate of drug-likeness (QED) is 0.767. The van der Waals surface area contributed by atoms with Gasteiger partial charge in [0, 0.05) is 19.8 Å². The van der Waals surface area contributed by atoms with Crippen molar-refractivity contribution in [3.8, 4) is 0 Å². The van der Waals surface area contributed by atoms with Gasteiger partial charge in [-0.1, -0.05) is 0 Å². The number of carbonyl (C=O) groups excluding carboxylic acids is 3. The molecule has 8 heteroatoms. The van der Waals surface area contributed by atoms with E-state index >= 15 is 0 Å². The first kappa shape index (κ1) is 18.5.